The maximum atomic E-state index is 11.7. The molecule has 92 valence electrons. The van der Waals surface area contributed by atoms with Crippen LogP contribution in [0.15, 0.2) is 0 Å². The van der Waals surface area contributed by atoms with Crippen LogP contribution in [0.1, 0.15) is 27.2 Å². The van der Waals surface area contributed by atoms with E-state index in [4.69, 9.17) is 4.74 Å². The van der Waals surface area contributed by atoms with Gasteiger partial charge in [0.25, 0.3) is 0 Å². The average Bonchev–Trinajstić information content (AvgIpc) is 2.23. The van der Waals surface area contributed by atoms with Gasteiger partial charge in [-0.3, -0.25) is 9.59 Å². The van der Waals surface area contributed by atoms with Crippen molar-refractivity contribution in [2.24, 2.45) is 0 Å². The molecule has 0 bridgehead atoms. The summed E-state index contributed by atoms with van der Waals surface area (Å²) < 4.78 is 5.22. The van der Waals surface area contributed by atoms with Crippen molar-refractivity contribution in [3.63, 3.8) is 0 Å². The van der Waals surface area contributed by atoms with Gasteiger partial charge in [-0.1, -0.05) is 0 Å². The zero-order valence-corrected chi connectivity index (χ0v) is 10.2. The van der Waals surface area contributed by atoms with Crippen molar-refractivity contribution in [2.75, 3.05) is 26.3 Å². The van der Waals surface area contributed by atoms with E-state index in [-0.39, 0.29) is 18.4 Å². The lowest BCUT2D eigenvalue weighted by atomic mass is 9.98. The average molecular weight is 228 g/mol. The summed E-state index contributed by atoms with van der Waals surface area (Å²) in [5.41, 5.74) is -0.748. The number of hydrogen-bond donors (Lipinski definition) is 1. The molecule has 0 unspecified atom stereocenters. The van der Waals surface area contributed by atoms with Gasteiger partial charge in [0, 0.05) is 19.8 Å². The Morgan fingerprint density at radius 3 is 2.75 bits per heavy atom. The molecule has 0 saturated carbocycles. The minimum Gasteiger partial charge on any atom is -0.382 e. The van der Waals surface area contributed by atoms with Crippen molar-refractivity contribution < 1.29 is 14.3 Å². The molecule has 0 aliphatic carbocycles. The van der Waals surface area contributed by atoms with Crippen molar-refractivity contribution in [2.45, 2.75) is 32.7 Å². The smallest absolute Gasteiger partial charge is 0.245 e. The highest BCUT2D eigenvalue weighted by atomic mass is 16.5. The molecule has 5 nitrogen and oxygen atoms in total. The van der Waals surface area contributed by atoms with Crippen molar-refractivity contribution in [1.29, 1.82) is 0 Å². The third kappa shape index (κ3) is 2.72. The Morgan fingerprint density at radius 1 is 1.44 bits per heavy atom. The van der Waals surface area contributed by atoms with Gasteiger partial charge in [0.15, 0.2) is 0 Å². The van der Waals surface area contributed by atoms with E-state index in [0.29, 0.717) is 19.8 Å². The van der Waals surface area contributed by atoms with Crippen LogP contribution in [-0.4, -0.2) is 48.6 Å². The number of hydrogen-bond acceptors (Lipinski definition) is 3. The van der Waals surface area contributed by atoms with Crippen LogP contribution >= 0.6 is 0 Å². The molecule has 0 aromatic heterocycles. The molecule has 16 heavy (non-hydrogen) atoms. The molecule has 5 heteroatoms. The number of nitrogens with zero attached hydrogens (tertiary/aromatic N) is 1. The van der Waals surface area contributed by atoms with E-state index in [1.165, 1.54) is 0 Å². The largest absolute Gasteiger partial charge is 0.382 e. The first-order chi connectivity index (χ1) is 7.50. The molecule has 1 aliphatic rings. The van der Waals surface area contributed by atoms with Gasteiger partial charge in [0.05, 0.1) is 6.54 Å². The molecule has 0 aromatic carbocycles. The van der Waals surface area contributed by atoms with Crippen LogP contribution in [0.5, 0.6) is 0 Å². The Bertz CT molecular complexity index is 276. The molecule has 1 saturated heterocycles. The number of ether oxygens (including phenoxy) is 1. The Hall–Kier alpha value is -1.10. The first-order valence-corrected chi connectivity index (χ1v) is 5.66. The van der Waals surface area contributed by atoms with E-state index in [9.17, 15) is 9.59 Å². The summed E-state index contributed by atoms with van der Waals surface area (Å²) >= 11 is 0. The van der Waals surface area contributed by atoms with E-state index >= 15 is 0 Å². The van der Waals surface area contributed by atoms with Crippen LogP contribution in [0.4, 0.5) is 0 Å². The lowest BCUT2D eigenvalue weighted by Crippen LogP contribution is -2.64. The minimum absolute atomic E-state index is 0.0268. The summed E-state index contributed by atoms with van der Waals surface area (Å²) in [4.78, 5) is 24.9. The second kappa shape index (κ2) is 5.30. The van der Waals surface area contributed by atoms with Gasteiger partial charge in [-0.25, -0.2) is 0 Å². The molecule has 1 heterocycles. The number of nitrogens with one attached hydrogen (secondary N) is 1. The normalized spacial score (nSPS) is 19.8. The Balaban J connectivity index is 2.53. The predicted octanol–water partition coefficient (Wildman–Crippen LogP) is 0.150. The van der Waals surface area contributed by atoms with E-state index in [2.05, 4.69) is 5.32 Å². The van der Waals surface area contributed by atoms with E-state index < -0.39 is 5.54 Å². The summed E-state index contributed by atoms with van der Waals surface area (Å²) in [5, 5.41) is 2.59. The molecule has 1 rings (SSSR count). The number of carbonyl (C=O) groups is 2. The fourth-order valence-corrected chi connectivity index (χ4v) is 1.78. The SMILES string of the molecule is CCOCCCN1C(=O)CNC(=O)C1(C)C. The van der Waals surface area contributed by atoms with E-state index in [1.807, 2.05) is 6.92 Å². The highest BCUT2D eigenvalue weighted by Gasteiger charge is 2.40. The highest BCUT2D eigenvalue weighted by Crippen LogP contribution is 2.18. The second-order valence-corrected chi connectivity index (χ2v) is 4.34. The molecule has 0 radical (unpaired) electrons. The zero-order chi connectivity index (χ0) is 12.2. The lowest BCUT2D eigenvalue weighted by Gasteiger charge is -2.41. The lowest BCUT2D eigenvalue weighted by molar-refractivity contribution is -0.151. The molecular formula is C11H20N2O3. The minimum atomic E-state index is -0.748. The van der Waals surface area contributed by atoms with Crippen molar-refractivity contribution in [1.82, 2.24) is 10.2 Å². The summed E-state index contributed by atoms with van der Waals surface area (Å²) in [6.07, 6.45) is 0.760. The molecule has 2 amide bonds. The van der Waals surface area contributed by atoms with Crippen LogP contribution in [0, 0.1) is 0 Å². The number of piperazine rings is 1. The van der Waals surface area contributed by atoms with Crippen LogP contribution < -0.4 is 5.32 Å². The molecule has 0 atom stereocenters. The molecule has 1 fully saturated rings. The van der Waals surface area contributed by atoms with Crippen LogP contribution in [0.2, 0.25) is 0 Å². The van der Waals surface area contributed by atoms with Gasteiger partial charge in [0.1, 0.15) is 5.54 Å². The molecular weight excluding hydrogens is 208 g/mol. The maximum absolute atomic E-state index is 11.7. The van der Waals surface area contributed by atoms with Crippen molar-refractivity contribution in [3.8, 4) is 0 Å². The summed E-state index contributed by atoms with van der Waals surface area (Å²) in [7, 11) is 0. The molecule has 1 aliphatic heterocycles. The summed E-state index contributed by atoms with van der Waals surface area (Å²) in [6.45, 7) is 7.44. The van der Waals surface area contributed by atoms with Crippen LogP contribution in [-0.2, 0) is 14.3 Å². The first kappa shape index (κ1) is 13.0. The summed E-state index contributed by atoms with van der Waals surface area (Å²) in [6, 6.07) is 0. The number of carbonyl (C=O) groups excluding carboxylic acids is 2. The third-order valence-corrected chi connectivity index (χ3v) is 2.81. The van der Waals surface area contributed by atoms with Gasteiger partial charge in [0.2, 0.25) is 11.8 Å². The fraction of sp³-hybridized carbons (Fsp3) is 0.818. The maximum Gasteiger partial charge on any atom is 0.245 e. The number of amides is 2. The quantitative estimate of drug-likeness (QED) is 0.681. The zero-order valence-electron chi connectivity index (χ0n) is 10.2. The van der Waals surface area contributed by atoms with E-state index in [0.717, 1.165) is 6.42 Å². The van der Waals surface area contributed by atoms with Crippen molar-refractivity contribution in [3.05, 3.63) is 0 Å². The molecule has 0 spiro atoms. The van der Waals surface area contributed by atoms with Gasteiger partial charge in [-0.05, 0) is 27.2 Å². The second-order valence-electron chi connectivity index (χ2n) is 4.34. The van der Waals surface area contributed by atoms with Gasteiger partial charge < -0.3 is 15.0 Å². The van der Waals surface area contributed by atoms with Gasteiger partial charge in [-0.2, -0.15) is 0 Å². The molecule has 0 aromatic rings. The Labute approximate surface area is 96.1 Å². The number of rotatable bonds is 5. The fourth-order valence-electron chi connectivity index (χ4n) is 1.78. The van der Waals surface area contributed by atoms with E-state index in [1.54, 1.807) is 18.7 Å². The van der Waals surface area contributed by atoms with Crippen LogP contribution in [0.25, 0.3) is 0 Å². The molecule has 1 N–H and O–H groups in total. The monoisotopic (exact) mass is 228 g/mol. The third-order valence-electron chi connectivity index (χ3n) is 2.81. The first-order valence-electron chi connectivity index (χ1n) is 5.66. The van der Waals surface area contributed by atoms with Crippen molar-refractivity contribution >= 4 is 11.8 Å². The Kier molecular flexibility index (Phi) is 4.29. The van der Waals surface area contributed by atoms with Gasteiger partial charge >= 0.3 is 0 Å². The van der Waals surface area contributed by atoms with Gasteiger partial charge in [-0.15, -0.1) is 0 Å². The Morgan fingerprint density at radius 2 is 2.12 bits per heavy atom. The standard InChI is InChI=1S/C11H20N2O3/c1-4-16-7-5-6-13-9(14)8-12-10(15)11(13,2)3/h4-8H2,1-3H3,(H,12,15). The highest BCUT2D eigenvalue weighted by molar-refractivity contribution is 5.97. The topological polar surface area (TPSA) is 58.6 Å². The van der Waals surface area contributed by atoms with Crippen LogP contribution in [0.3, 0.4) is 0 Å². The summed E-state index contributed by atoms with van der Waals surface area (Å²) in [5.74, 6) is -0.121. The predicted molar refractivity (Wildman–Crippen MR) is 59.9 cm³/mol.